The van der Waals surface area contributed by atoms with Gasteiger partial charge in [-0.2, -0.15) is 0 Å². The quantitative estimate of drug-likeness (QED) is 0.820. The SMILES string of the molecule is CC1(C(=O)Cc2nccs2)COCC1N. The third-order valence-corrected chi connectivity index (χ3v) is 3.73. The number of nitrogens with zero attached hydrogens (tertiary/aromatic N) is 1. The summed E-state index contributed by atoms with van der Waals surface area (Å²) in [4.78, 5) is 16.2. The lowest BCUT2D eigenvalue weighted by molar-refractivity contribution is -0.127. The van der Waals surface area contributed by atoms with Crippen molar-refractivity contribution >= 4 is 17.1 Å². The van der Waals surface area contributed by atoms with E-state index in [0.29, 0.717) is 19.6 Å². The van der Waals surface area contributed by atoms with Crippen molar-refractivity contribution in [3.8, 4) is 0 Å². The first-order valence-corrected chi connectivity index (χ1v) is 5.76. The molecule has 1 saturated heterocycles. The minimum absolute atomic E-state index is 0.127. The molecule has 1 aliphatic rings. The number of ether oxygens (including phenoxy) is 1. The van der Waals surface area contributed by atoms with E-state index in [-0.39, 0.29) is 11.8 Å². The zero-order chi connectivity index (χ0) is 10.9. The Morgan fingerprint density at radius 2 is 2.67 bits per heavy atom. The van der Waals surface area contributed by atoms with Gasteiger partial charge in [0.2, 0.25) is 0 Å². The van der Waals surface area contributed by atoms with E-state index >= 15 is 0 Å². The zero-order valence-corrected chi connectivity index (χ0v) is 9.42. The van der Waals surface area contributed by atoms with Crippen LogP contribution in [0, 0.1) is 5.41 Å². The highest BCUT2D eigenvalue weighted by Gasteiger charge is 2.43. The molecule has 1 aliphatic heterocycles. The Labute approximate surface area is 92.5 Å². The van der Waals surface area contributed by atoms with Gasteiger partial charge in [0.1, 0.15) is 5.78 Å². The lowest BCUT2D eigenvalue weighted by Gasteiger charge is -2.24. The number of nitrogens with two attached hydrogens (primary N) is 1. The number of hydrogen-bond donors (Lipinski definition) is 1. The van der Waals surface area contributed by atoms with E-state index < -0.39 is 5.41 Å². The van der Waals surface area contributed by atoms with E-state index in [4.69, 9.17) is 10.5 Å². The molecule has 2 N–H and O–H groups in total. The minimum atomic E-state index is -0.536. The van der Waals surface area contributed by atoms with Gasteiger partial charge in [0.15, 0.2) is 0 Å². The van der Waals surface area contributed by atoms with Crippen molar-refractivity contribution in [2.75, 3.05) is 13.2 Å². The molecule has 2 heterocycles. The van der Waals surface area contributed by atoms with Crippen LogP contribution >= 0.6 is 11.3 Å². The summed E-state index contributed by atoms with van der Waals surface area (Å²) in [5, 5.41) is 2.72. The van der Waals surface area contributed by atoms with Gasteiger partial charge in [-0.3, -0.25) is 4.79 Å². The van der Waals surface area contributed by atoms with Crippen LogP contribution in [0.5, 0.6) is 0 Å². The Kier molecular flexibility index (Phi) is 2.86. The number of Topliss-reactive ketones (excluding diaryl/α,β-unsaturated/α-hetero) is 1. The largest absolute Gasteiger partial charge is 0.379 e. The van der Waals surface area contributed by atoms with Crippen molar-refractivity contribution in [3.05, 3.63) is 16.6 Å². The summed E-state index contributed by atoms with van der Waals surface area (Å²) >= 11 is 1.50. The first-order chi connectivity index (χ1) is 7.13. The number of aromatic nitrogens is 1. The summed E-state index contributed by atoms with van der Waals surface area (Å²) in [6.45, 7) is 2.78. The molecule has 0 saturated carbocycles. The molecule has 4 nitrogen and oxygen atoms in total. The Hall–Kier alpha value is -0.780. The third kappa shape index (κ3) is 1.95. The van der Waals surface area contributed by atoms with Crippen LogP contribution in [0.4, 0.5) is 0 Å². The van der Waals surface area contributed by atoms with Gasteiger partial charge < -0.3 is 10.5 Å². The van der Waals surface area contributed by atoms with Crippen LogP contribution in [0.25, 0.3) is 0 Å². The van der Waals surface area contributed by atoms with Crippen LogP contribution in [-0.4, -0.2) is 30.0 Å². The second-order valence-corrected chi connectivity index (χ2v) is 5.04. The van der Waals surface area contributed by atoms with Crippen molar-refractivity contribution < 1.29 is 9.53 Å². The zero-order valence-electron chi connectivity index (χ0n) is 8.60. The van der Waals surface area contributed by atoms with E-state index in [1.165, 1.54) is 11.3 Å². The second kappa shape index (κ2) is 4.00. The van der Waals surface area contributed by atoms with Gasteiger partial charge in [-0.1, -0.05) is 0 Å². The molecule has 0 amide bonds. The fourth-order valence-corrected chi connectivity index (χ4v) is 2.27. The summed E-state index contributed by atoms with van der Waals surface area (Å²) in [6.07, 6.45) is 2.08. The fourth-order valence-electron chi connectivity index (χ4n) is 1.66. The van der Waals surface area contributed by atoms with E-state index in [2.05, 4.69) is 4.98 Å². The van der Waals surface area contributed by atoms with Gasteiger partial charge in [-0.25, -0.2) is 4.98 Å². The summed E-state index contributed by atoms with van der Waals surface area (Å²) in [5.41, 5.74) is 5.34. The van der Waals surface area contributed by atoms with Gasteiger partial charge in [0, 0.05) is 17.6 Å². The molecule has 15 heavy (non-hydrogen) atoms. The van der Waals surface area contributed by atoms with Crippen LogP contribution in [0.2, 0.25) is 0 Å². The van der Waals surface area contributed by atoms with Crippen molar-refractivity contribution in [1.82, 2.24) is 4.98 Å². The van der Waals surface area contributed by atoms with Crippen LogP contribution in [0.1, 0.15) is 11.9 Å². The molecule has 0 aliphatic carbocycles. The molecule has 0 radical (unpaired) electrons. The van der Waals surface area contributed by atoms with Gasteiger partial charge in [0.25, 0.3) is 0 Å². The molecule has 1 fully saturated rings. The maximum atomic E-state index is 12.1. The smallest absolute Gasteiger partial charge is 0.149 e. The number of rotatable bonds is 3. The normalized spacial score (nSPS) is 30.7. The standard InChI is InChI=1S/C10H14N2O2S/c1-10(6-14-5-7(10)11)8(13)4-9-12-2-3-15-9/h2-3,7H,4-6,11H2,1H3. The van der Waals surface area contributed by atoms with Gasteiger partial charge in [-0.05, 0) is 6.92 Å². The molecule has 0 spiro atoms. The first-order valence-electron chi connectivity index (χ1n) is 4.88. The Bertz CT molecular complexity index is 352. The molecule has 82 valence electrons. The van der Waals surface area contributed by atoms with Crippen LogP contribution in [0.15, 0.2) is 11.6 Å². The molecular formula is C10H14N2O2S. The molecule has 0 bridgehead atoms. The highest BCUT2D eigenvalue weighted by Crippen LogP contribution is 2.29. The maximum absolute atomic E-state index is 12.1. The molecule has 1 aromatic heterocycles. The Morgan fingerprint density at radius 3 is 3.20 bits per heavy atom. The van der Waals surface area contributed by atoms with Crippen molar-refractivity contribution in [2.24, 2.45) is 11.1 Å². The average molecular weight is 226 g/mol. The van der Waals surface area contributed by atoms with E-state index in [1.807, 2.05) is 12.3 Å². The van der Waals surface area contributed by atoms with Crippen LogP contribution in [0.3, 0.4) is 0 Å². The molecule has 5 heteroatoms. The summed E-state index contributed by atoms with van der Waals surface area (Å²) < 4.78 is 5.25. The lowest BCUT2D eigenvalue weighted by atomic mass is 9.80. The summed E-state index contributed by atoms with van der Waals surface area (Å²) in [5.74, 6) is 0.127. The van der Waals surface area contributed by atoms with Gasteiger partial charge >= 0.3 is 0 Å². The van der Waals surface area contributed by atoms with E-state index in [9.17, 15) is 4.79 Å². The second-order valence-electron chi connectivity index (χ2n) is 4.06. The van der Waals surface area contributed by atoms with Crippen molar-refractivity contribution in [2.45, 2.75) is 19.4 Å². The predicted octanol–water partition coefficient (Wildman–Crippen LogP) is 0.619. The molecular weight excluding hydrogens is 212 g/mol. The van der Waals surface area contributed by atoms with Gasteiger partial charge in [-0.15, -0.1) is 11.3 Å². The van der Waals surface area contributed by atoms with Gasteiger partial charge in [0.05, 0.1) is 30.1 Å². The Morgan fingerprint density at radius 1 is 1.87 bits per heavy atom. The number of carbonyl (C=O) groups is 1. The average Bonchev–Trinajstić information content (AvgIpc) is 2.79. The van der Waals surface area contributed by atoms with Crippen LogP contribution in [-0.2, 0) is 16.0 Å². The molecule has 2 unspecified atom stereocenters. The lowest BCUT2D eigenvalue weighted by Crippen LogP contribution is -2.45. The fraction of sp³-hybridized carbons (Fsp3) is 0.600. The predicted molar refractivity (Wildman–Crippen MR) is 57.7 cm³/mol. The molecule has 1 aromatic rings. The summed E-state index contributed by atoms with van der Waals surface area (Å²) in [7, 11) is 0. The maximum Gasteiger partial charge on any atom is 0.149 e. The Balaban J connectivity index is 2.07. The first kappa shape index (κ1) is 10.7. The number of ketones is 1. The molecule has 0 aromatic carbocycles. The van der Waals surface area contributed by atoms with Crippen molar-refractivity contribution in [3.63, 3.8) is 0 Å². The monoisotopic (exact) mass is 226 g/mol. The highest BCUT2D eigenvalue weighted by atomic mass is 32.1. The van der Waals surface area contributed by atoms with E-state index in [1.54, 1.807) is 6.20 Å². The van der Waals surface area contributed by atoms with Crippen LogP contribution < -0.4 is 5.73 Å². The topological polar surface area (TPSA) is 65.2 Å². The molecule has 2 rings (SSSR count). The number of hydrogen-bond acceptors (Lipinski definition) is 5. The number of carbonyl (C=O) groups excluding carboxylic acids is 1. The molecule has 2 atom stereocenters. The minimum Gasteiger partial charge on any atom is -0.379 e. The van der Waals surface area contributed by atoms with E-state index in [0.717, 1.165) is 5.01 Å². The number of thiazole rings is 1. The highest BCUT2D eigenvalue weighted by molar-refractivity contribution is 7.09. The van der Waals surface area contributed by atoms with Crippen molar-refractivity contribution in [1.29, 1.82) is 0 Å². The summed E-state index contributed by atoms with van der Waals surface area (Å²) in [6, 6.07) is -0.190. The third-order valence-electron chi connectivity index (χ3n) is 2.95.